The van der Waals surface area contributed by atoms with Crippen molar-refractivity contribution in [3.8, 4) is 0 Å². The van der Waals surface area contributed by atoms with Crippen LogP contribution in [0.25, 0.3) is 0 Å². The van der Waals surface area contributed by atoms with Crippen molar-refractivity contribution in [2.45, 2.75) is 232 Å². The molecule has 0 rings (SSSR count). The minimum atomic E-state index is -0.837. The maximum Gasteiger partial charge on any atom is 0.306 e. The number of carbonyl (C=O) groups excluding carboxylic acids is 3. The predicted molar refractivity (Wildman–Crippen MR) is 315 cm³/mol. The molecular formula is C67H104O6. The third-order valence-corrected chi connectivity index (χ3v) is 11.5. The van der Waals surface area contributed by atoms with E-state index in [0.29, 0.717) is 19.3 Å². The molecule has 408 valence electrons. The van der Waals surface area contributed by atoms with Gasteiger partial charge in [0, 0.05) is 19.3 Å². The highest BCUT2D eigenvalue weighted by atomic mass is 16.6. The molecule has 73 heavy (non-hydrogen) atoms. The van der Waals surface area contributed by atoms with Gasteiger partial charge in [-0.3, -0.25) is 14.4 Å². The molecule has 1 unspecified atom stereocenters. The SMILES string of the molecule is CC/C=C\C/C=C\C/C=C\C/C=C\C/C=C\C/C=C\C/C=C\C/C=C\CCCCCCC(=O)OCC(COC(=O)CCCCCCC/C=C\CCCCCC)OC(=O)CC/C=C\C/C=C\C/C=C\C/C=C\CC. The second-order valence-electron chi connectivity index (χ2n) is 18.4. The molecule has 0 aliphatic rings. The van der Waals surface area contributed by atoms with E-state index in [0.717, 1.165) is 141 Å². The summed E-state index contributed by atoms with van der Waals surface area (Å²) in [5.41, 5.74) is 0. The minimum Gasteiger partial charge on any atom is -0.462 e. The average molecular weight is 1010 g/mol. The molecule has 0 aliphatic carbocycles. The van der Waals surface area contributed by atoms with Crippen LogP contribution in [-0.4, -0.2) is 37.2 Å². The van der Waals surface area contributed by atoms with Crippen molar-refractivity contribution in [2.24, 2.45) is 0 Å². The number of hydrogen-bond donors (Lipinski definition) is 0. The van der Waals surface area contributed by atoms with Crippen LogP contribution >= 0.6 is 0 Å². The fourth-order valence-corrected chi connectivity index (χ4v) is 7.23. The third kappa shape index (κ3) is 57.8. The van der Waals surface area contributed by atoms with Gasteiger partial charge in [-0.25, -0.2) is 0 Å². The van der Waals surface area contributed by atoms with Crippen LogP contribution in [0.1, 0.15) is 226 Å². The molecule has 0 bridgehead atoms. The van der Waals surface area contributed by atoms with Crippen molar-refractivity contribution >= 4 is 17.9 Å². The van der Waals surface area contributed by atoms with Gasteiger partial charge in [-0.05, 0) is 135 Å². The normalized spacial score (nSPS) is 13.3. The van der Waals surface area contributed by atoms with E-state index in [4.69, 9.17) is 14.2 Å². The second kappa shape index (κ2) is 59.6. The number of carbonyl (C=O) groups is 3. The number of unbranched alkanes of at least 4 members (excludes halogenated alkanes) is 13. The number of allylic oxidation sites excluding steroid dienone is 26. The number of rotatable bonds is 50. The molecule has 0 fully saturated rings. The van der Waals surface area contributed by atoms with Crippen LogP contribution in [0.3, 0.4) is 0 Å². The number of ether oxygens (including phenoxy) is 3. The van der Waals surface area contributed by atoms with Crippen LogP contribution in [0.2, 0.25) is 0 Å². The van der Waals surface area contributed by atoms with Gasteiger partial charge < -0.3 is 14.2 Å². The maximum absolute atomic E-state index is 12.8. The number of hydrogen-bond acceptors (Lipinski definition) is 6. The first-order valence-corrected chi connectivity index (χ1v) is 29.0. The van der Waals surface area contributed by atoms with Gasteiger partial charge in [-0.1, -0.05) is 230 Å². The predicted octanol–water partition coefficient (Wildman–Crippen LogP) is 19.8. The molecule has 6 nitrogen and oxygen atoms in total. The van der Waals surface area contributed by atoms with Gasteiger partial charge in [0.15, 0.2) is 6.10 Å². The Hall–Kier alpha value is -4.97. The summed E-state index contributed by atoms with van der Waals surface area (Å²) in [5.74, 6) is -1.05. The summed E-state index contributed by atoms with van der Waals surface area (Å²) in [5, 5.41) is 0. The Morgan fingerprint density at radius 2 is 0.562 bits per heavy atom. The summed E-state index contributed by atoms with van der Waals surface area (Å²) in [6.07, 6.45) is 86.8. The van der Waals surface area contributed by atoms with Crippen molar-refractivity contribution in [1.82, 2.24) is 0 Å². The Bertz CT molecular complexity index is 1670. The molecule has 0 spiro atoms. The van der Waals surface area contributed by atoms with Crippen molar-refractivity contribution in [1.29, 1.82) is 0 Å². The first-order chi connectivity index (χ1) is 36.0. The summed E-state index contributed by atoms with van der Waals surface area (Å²) >= 11 is 0. The van der Waals surface area contributed by atoms with E-state index in [1.54, 1.807) is 0 Å². The molecule has 1 atom stereocenters. The first kappa shape index (κ1) is 68.0. The largest absolute Gasteiger partial charge is 0.462 e. The van der Waals surface area contributed by atoms with Crippen molar-refractivity contribution in [3.05, 3.63) is 158 Å². The topological polar surface area (TPSA) is 78.9 Å². The minimum absolute atomic E-state index is 0.126. The van der Waals surface area contributed by atoms with E-state index in [2.05, 4.69) is 167 Å². The van der Waals surface area contributed by atoms with Crippen LogP contribution in [0.4, 0.5) is 0 Å². The summed E-state index contributed by atoms with van der Waals surface area (Å²) in [4.78, 5) is 38.0. The van der Waals surface area contributed by atoms with E-state index in [-0.39, 0.29) is 31.6 Å². The van der Waals surface area contributed by atoms with E-state index in [1.807, 2.05) is 12.2 Å². The Morgan fingerprint density at radius 1 is 0.288 bits per heavy atom. The van der Waals surface area contributed by atoms with E-state index in [1.165, 1.54) is 38.5 Å². The Morgan fingerprint density at radius 3 is 0.904 bits per heavy atom. The first-order valence-electron chi connectivity index (χ1n) is 29.0. The van der Waals surface area contributed by atoms with E-state index < -0.39 is 12.1 Å². The molecule has 0 aromatic rings. The highest BCUT2D eigenvalue weighted by molar-refractivity contribution is 5.71. The zero-order valence-electron chi connectivity index (χ0n) is 46.6. The summed E-state index contributed by atoms with van der Waals surface area (Å²) < 4.78 is 16.7. The third-order valence-electron chi connectivity index (χ3n) is 11.5. The molecule has 0 radical (unpaired) electrons. The molecule has 0 aromatic heterocycles. The van der Waals surface area contributed by atoms with Crippen molar-refractivity contribution in [3.63, 3.8) is 0 Å². The summed E-state index contributed by atoms with van der Waals surface area (Å²) in [6.45, 7) is 6.28. The fourth-order valence-electron chi connectivity index (χ4n) is 7.23. The Labute approximate surface area is 448 Å². The summed E-state index contributed by atoms with van der Waals surface area (Å²) in [7, 11) is 0. The second-order valence-corrected chi connectivity index (χ2v) is 18.4. The summed E-state index contributed by atoms with van der Waals surface area (Å²) in [6, 6.07) is 0. The van der Waals surface area contributed by atoms with E-state index in [9.17, 15) is 14.4 Å². The standard InChI is InChI=1S/C67H104O6/c1-4-7-10-13-16-19-22-25-26-27-28-29-30-31-32-33-34-35-36-37-38-39-40-43-45-48-51-54-57-60-66(69)72-63-64(73-67(70)61-58-55-52-49-46-42-24-21-18-15-12-9-6-3)62-71-65(68)59-56-53-50-47-44-41-23-20-17-14-11-8-5-2/h7,9-10,12,16,18-21,23,25-26,28-29,31-32,34-35,37-38,40,42-43,46,52,55,64H,4-6,8,11,13-15,17,22,24,27,30,33,36,39,41,44-45,47-51,53-54,56-63H2,1-3H3/b10-7-,12-9-,19-16-,21-18-,23-20-,26-25-,29-28-,32-31-,35-34-,38-37-,43-40-,46-42-,55-52-. The van der Waals surface area contributed by atoms with Gasteiger partial charge in [0.1, 0.15) is 13.2 Å². The van der Waals surface area contributed by atoms with Crippen LogP contribution in [0, 0.1) is 0 Å². The van der Waals surface area contributed by atoms with Gasteiger partial charge >= 0.3 is 17.9 Å². The highest BCUT2D eigenvalue weighted by Gasteiger charge is 2.19. The van der Waals surface area contributed by atoms with Crippen LogP contribution in [0.5, 0.6) is 0 Å². The lowest BCUT2D eigenvalue weighted by atomic mass is 10.1. The Kier molecular flexibility index (Phi) is 55.5. The van der Waals surface area contributed by atoms with Crippen LogP contribution in [0.15, 0.2) is 158 Å². The molecule has 0 aliphatic heterocycles. The lowest BCUT2D eigenvalue weighted by molar-refractivity contribution is -0.166. The number of esters is 3. The van der Waals surface area contributed by atoms with Gasteiger partial charge in [0.25, 0.3) is 0 Å². The van der Waals surface area contributed by atoms with Gasteiger partial charge in [-0.15, -0.1) is 0 Å². The van der Waals surface area contributed by atoms with Crippen molar-refractivity contribution in [2.75, 3.05) is 13.2 Å². The average Bonchev–Trinajstić information content (AvgIpc) is 3.39. The molecule has 0 amide bonds. The lowest BCUT2D eigenvalue weighted by Gasteiger charge is -2.18. The molecular weight excluding hydrogens is 901 g/mol. The van der Waals surface area contributed by atoms with Crippen LogP contribution in [-0.2, 0) is 28.6 Å². The van der Waals surface area contributed by atoms with Crippen LogP contribution < -0.4 is 0 Å². The zero-order valence-corrected chi connectivity index (χ0v) is 46.6. The van der Waals surface area contributed by atoms with E-state index >= 15 is 0 Å². The molecule has 0 heterocycles. The maximum atomic E-state index is 12.8. The fraction of sp³-hybridized carbons (Fsp3) is 0.567. The monoisotopic (exact) mass is 1000 g/mol. The molecule has 0 saturated heterocycles. The molecule has 6 heteroatoms. The lowest BCUT2D eigenvalue weighted by Crippen LogP contribution is -2.30. The van der Waals surface area contributed by atoms with Gasteiger partial charge in [-0.2, -0.15) is 0 Å². The zero-order chi connectivity index (χ0) is 52.9. The smallest absolute Gasteiger partial charge is 0.306 e. The quantitative estimate of drug-likeness (QED) is 0.0261. The van der Waals surface area contributed by atoms with Gasteiger partial charge in [0.05, 0.1) is 0 Å². The van der Waals surface area contributed by atoms with Gasteiger partial charge in [0.2, 0.25) is 0 Å². The van der Waals surface area contributed by atoms with Crippen molar-refractivity contribution < 1.29 is 28.6 Å². The molecule has 0 N–H and O–H groups in total. The molecule has 0 saturated carbocycles. The highest BCUT2D eigenvalue weighted by Crippen LogP contribution is 2.12. The Balaban J connectivity index is 4.43. The molecule has 0 aromatic carbocycles.